The van der Waals surface area contributed by atoms with Gasteiger partial charge in [0.05, 0.1) is 0 Å². The van der Waals surface area contributed by atoms with Gasteiger partial charge in [-0.2, -0.15) is 0 Å². The summed E-state index contributed by atoms with van der Waals surface area (Å²) in [5.41, 5.74) is 33.1. The Balaban J connectivity index is 0.000000110. The highest BCUT2D eigenvalue weighted by Gasteiger charge is 2.20. The number of fused-ring (bicyclic) bond motifs is 5. The van der Waals surface area contributed by atoms with Crippen LogP contribution in [0.25, 0.3) is 143 Å². The van der Waals surface area contributed by atoms with Crippen molar-refractivity contribution < 1.29 is 0 Å². The lowest BCUT2D eigenvalue weighted by atomic mass is 10.0. The highest BCUT2D eigenvalue weighted by Crippen LogP contribution is 2.45. The Morgan fingerprint density at radius 1 is 0.0694 bits per heavy atom. The van der Waals surface area contributed by atoms with Gasteiger partial charge in [-0.3, -0.25) is 0 Å². The van der Waals surface area contributed by atoms with Crippen molar-refractivity contribution in [2.24, 2.45) is 0 Å². The largest absolute Gasteiger partial charge is 0.311 e. The van der Waals surface area contributed by atoms with Gasteiger partial charge >= 0.3 is 0 Å². The maximum atomic E-state index is 2.34. The SMILES string of the molecule is c1ccc(-c2ccc(N(c3ccc(-c4ccc5ccccc5c4)cc3)c3ccc4ccccc4c3)cc2)cc1.c1ccc(-c2ccc(N(c3ccc(-c4ccccc4)cc3)c3ccc(-c4ccc5ccccc5c4)cc3)cc2)cc1.c1ccc(-c2ccc(N(c3ccccc3)c3ccc(-c4ccc5ccccc5c4)cc3)cc2)cc1.c1ccc(N(c2ccccc2)c2ccc(-c3ccc4ccccc4c3)cc2)cc1. The van der Waals surface area contributed by atoms with Crippen LogP contribution in [0.1, 0.15) is 0 Å². The Kier molecular flexibility index (Phi) is 26.9. The molecule has 0 aliphatic heterocycles. The van der Waals surface area contributed by atoms with Crippen molar-refractivity contribution in [3.63, 3.8) is 0 Å². The fraction of sp³-hybridized carbons (Fsp3) is 0. The van der Waals surface area contributed by atoms with Crippen molar-refractivity contribution in [1.29, 1.82) is 0 Å². The minimum absolute atomic E-state index is 1.12. The van der Waals surface area contributed by atoms with Crippen LogP contribution in [0.15, 0.2) is 619 Å². The molecule has 0 saturated carbocycles. The first kappa shape index (κ1) is 90.2. The normalized spacial score (nSPS) is 10.9. The van der Waals surface area contributed by atoms with E-state index in [0.29, 0.717) is 0 Å². The van der Waals surface area contributed by atoms with E-state index in [9.17, 15) is 0 Å². The van der Waals surface area contributed by atoms with E-state index in [-0.39, 0.29) is 0 Å². The Morgan fingerprint density at radius 3 is 0.382 bits per heavy atom. The molecule has 0 atom stereocenters. The predicted octanol–water partition coefficient (Wildman–Crippen LogP) is 39.7. The summed E-state index contributed by atoms with van der Waals surface area (Å²) in [7, 11) is 0. The molecule has 0 amide bonds. The van der Waals surface area contributed by atoms with Crippen molar-refractivity contribution in [1.82, 2.24) is 0 Å². The van der Waals surface area contributed by atoms with Gasteiger partial charge in [-0.25, -0.2) is 0 Å². The van der Waals surface area contributed by atoms with Crippen molar-refractivity contribution in [2.45, 2.75) is 0 Å². The van der Waals surface area contributed by atoms with Crippen LogP contribution in [-0.4, -0.2) is 0 Å². The fourth-order valence-electron chi connectivity index (χ4n) is 19.3. The zero-order valence-electron chi connectivity index (χ0n) is 79.7. The number of para-hydroxylation sites is 3. The third-order valence-electron chi connectivity index (χ3n) is 26.8. The Morgan fingerprint density at radius 2 is 0.188 bits per heavy atom. The molecule has 0 saturated heterocycles. The zero-order chi connectivity index (χ0) is 96.4. The van der Waals surface area contributed by atoms with Crippen LogP contribution in [0.2, 0.25) is 0 Å². The van der Waals surface area contributed by atoms with Gasteiger partial charge in [-0.1, -0.05) is 449 Å². The number of benzene rings is 25. The van der Waals surface area contributed by atoms with Crippen LogP contribution in [0.5, 0.6) is 0 Å². The van der Waals surface area contributed by atoms with Gasteiger partial charge in [-0.15, -0.1) is 0 Å². The molecule has 4 nitrogen and oxygen atoms in total. The topological polar surface area (TPSA) is 13.0 Å². The van der Waals surface area contributed by atoms with E-state index in [1.54, 1.807) is 0 Å². The van der Waals surface area contributed by atoms with Crippen molar-refractivity contribution in [3.05, 3.63) is 619 Å². The second kappa shape index (κ2) is 42.9. The van der Waals surface area contributed by atoms with Crippen LogP contribution in [0.4, 0.5) is 68.2 Å². The highest BCUT2D eigenvalue weighted by molar-refractivity contribution is 5.95. The van der Waals surface area contributed by atoms with Gasteiger partial charge in [0.1, 0.15) is 0 Å². The summed E-state index contributed by atoms with van der Waals surface area (Å²) < 4.78 is 0. The maximum Gasteiger partial charge on any atom is 0.0468 e. The fourth-order valence-corrected chi connectivity index (χ4v) is 19.3. The van der Waals surface area contributed by atoms with Crippen LogP contribution >= 0.6 is 0 Å². The monoisotopic (exact) mass is 1840 g/mol. The van der Waals surface area contributed by atoms with Crippen LogP contribution in [0.3, 0.4) is 0 Å². The van der Waals surface area contributed by atoms with Crippen molar-refractivity contribution in [3.8, 4) is 89.0 Å². The second-order valence-corrected chi connectivity index (χ2v) is 36.0. The van der Waals surface area contributed by atoms with Gasteiger partial charge in [0.2, 0.25) is 0 Å². The third kappa shape index (κ3) is 20.8. The van der Waals surface area contributed by atoms with Crippen LogP contribution in [0, 0.1) is 0 Å². The molecular formula is C140H102N4. The Bertz CT molecular complexity index is 8450. The molecule has 25 rings (SSSR count). The van der Waals surface area contributed by atoms with Crippen molar-refractivity contribution >= 4 is 122 Å². The molecule has 0 aromatic heterocycles. The van der Waals surface area contributed by atoms with E-state index in [4.69, 9.17) is 0 Å². The predicted molar refractivity (Wildman–Crippen MR) is 616 cm³/mol. The Labute approximate surface area is 843 Å². The molecule has 0 fully saturated rings. The van der Waals surface area contributed by atoms with Crippen LogP contribution < -0.4 is 19.6 Å². The molecule has 25 aromatic rings. The molecule has 682 valence electrons. The van der Waals surface area contributed by atoms with Gasteiger partial charge < -0.3 is 19.6 Å². The molecule has 144 heavy (non-hydrogen) atoms. The Hall–Kier alpha value is -19.0. The smallest absolute Gasteiger partial charge is 0.0468 e. The summed E-state index contributed by atoms with van der Waals surface area (Å²) in [5.74, 6) is 0. The quantitative estimate of drug-likeness (QED) is 0.0754. The summed E-state index contributed by atoms with van der Waals surface area (Å²) in [6.07, 6.45) is 0. The molecular weight excluding hydrogens is 1740 g/mol. The lowest BCUT2D eigenvalue weighted by Crippen LogP contribution is -2.09. The first-order chi connectivity index (χ1) is 71.4. The number of anilines is 12. The van der Waals surface area contributed by atoms with E-state index < -0.39 is 0 Å². The third-order valence-corrected chi connectivity index (χ3v) is 26.8. The molecule has 0 bridgehead atoms. The second-order valence-electron chi connectivity index (χ2n) is 36.0. The molecule has 0 N–H and O–H groups in total. The minimum atomic E-state index is 1.12. The average Bonchev–Trinajstić information content (AvgIpc) is 0.791. The first-order valence-electron chi connectivity index (χ1n) is 49.2. The van der Waals surface area contributed by atoms with E-state index in [1.807, 2.05) is 0 Å². The summed E-state index contributed by atoms with van der Waals surface area (Å²) in [6.45, 7) is 0. The molecule has 4 heteroatoms. The van der Waals surface area contributed by atoms with E-state index >= 15 is 0 Å². The highest BCUT2D eigenvalue weighted by atomic mass is 15.2. The molecule has 25 aromatic carbocycles. The van der Waals surface area contributed by atoms with Gasteiger partial charge in [0.25, 0.3) is 0 Å². The van der Waals surface area contributed by atoms with E-state index in [0.717, 1.165) is 68.2 Å². The molecule has 0 aliphatic carbocycles. The number of hydrogen-bond acceptors (Lipinski definition) is 4. The lowest BCUT2D eigenvalue weighted by molar-refractivity contribution is 1.28. The van der Waals surface area contributed by atoms with Crippen molar-refractivity contribution in [2.75, 3.05) is 19.6 Å². The zero-order valence-corrected chi connectivity index (χ0v) is 79.7. The van der Waals surface area contributed by atoms with Gasteiger partial charge in [0, 0.05) is 68.2 Å². The van der Waals surface area contributed by atoms with E-state index in [2.05, 4.69) is 638 Å². The molecule has 0 heterocycles. The minimum Gasteiger partial charge on any atom is -0.311 e. The summed E-state index contributed by atoms with van der Waals surface area (Å²) in [5, 5.41) is 12.6. The van der Waals surface area contributed by atoms with Gasteiger partial charge in [0.15, 0.2) is 0 Å². The summed E-state index contributed by atoms with van der Waals surface area (Å²) >= 11 is 0. The maximum absolute atomic E-state index is 2.34. The standard InChI is InChI=1S/C40H29N.C38H27N.C34H25N.C28H21N/c1-3-9-30(10-4-1)33-17-23-38(24-18-33)41(39-25-19-34(20-26-39)31-11-5-2-6-12-31)40-27-21-35(22-28-40)37-16-15-32-13-7-8-14-36(32)29-37;1-2-8-28(9-3-1)31-16-21-36(22-17-31)39(38-25-20-30-11-5-7-13-34(30)27-38)37-23-18-32(19-24-37)35-15-14-29-10-4-6-12-33(29)26-35;1-3-9-26(10-4-1)28-17-21-33(22-18-28)35(32-13-5-2-6-14-32)34-23-19-29(20-24-34)31-16-15-27-11-7-8-12-30(27)25-31;1-3-11-26(12-4-1)29(27-13-5-2-6-14-27)28-19-17-23(18-20-28)25-16-15-22-9-7-8-10-24(22)21-25/h1-29H;1-27H;1-25H;1-21H. The van der Waals surface area contributed by atoms with Crippen LogP contribution in [-0.2, 0) is 0 Å². The molecule has 0 unspecified atom stereocenters. The number of hydrogen-bond donors (Lipinski definition) is 0. The van der Waals surface area contributed by atoms with Gasteiger partial charge in [-0.05, 0) is 313 Å². The lowest BCUT2D eigenvalue weighted by Gasteiger charge is -2.26. The number of nitrogens with zero attached hydrogens (tertiary/aromatic N) is 4. The summed E-state index contributed by atoms with van der Waals surface area (Å²) in [4.78, 5) is 9.25. The average molecular weight is 1840 g/mol. The summed E-state index contributed by atoms with van der Waals surface area (Å²) in [6, 6.07) is 220. The molecule has 0 radical (unpaired) electrons. The number of rotatable bonds is 20. The van der Waals surface area contributed by atoms with E-state index in [1.165, 1.54) is 143 Å². The molecule has 0 spiro atoms. The molecule has 0 aliphatic rings. The first-order valence-corrected chi connectivity index (χ1v) is 49.2.